The molecule has 0 aliphatic carbocycles. The van der Waals surface area contributed by atoms with Crippen molar-refractivity contribution in [3.63, 3.8) is 0 Å². The van der Waals surface area contributed by atoms with E-state index in [4.69, 9.17) is 11.6 Å². The average Bonchev–Trinajstić information content (AvgIpc) is 2.41. The number of hydrogen-bond acceptors (Lipinski definition) is 4. The summed E-state index contributed by atoms with van der Waals surface area (Å²) >= 11 is 6.24. The second-order valence-electron chi connectivity index (χ2n) is 5.35. The van der Waals surface area contributed by atoms with E-state index < -0.39 is 0 Å². The Balaban J connectivity index is 2.03. The van der Waals surface area contributed by atoms with Crippen molar-refractivity contribution in [3.05, 3.63) is 22.8 Å². The first-order valence-corrected chi connectivity index (χ1v) is 7.20. The van der Waals surface area contributed by atoms with Gasteiger partial charge in [-0.3, -0.25) is 4.90 Å². The van der Waals surface area contributed by atoms with Gasteiger partial charge in [0.15, 0.2) is 0 Å². The number of nitrogens with one attached hydrogen (secondary N) is 1. The van der Waals surface area contributed by atoms with Crippen LogP contribution in [-0.4, -0.2) is 55.1 Å². The maximum absolute atomic E-state index is 6.24. The molecule has 1 saturated heterocycles. The first-order chi connectivity index (χ1) is 9.10. The molecule has 1 aromatic heterocycles. The third-order valence-corrected chi connectivity index (χ3v) is 4.14. The molecule has 0 amide bonds. The first kappa shape index (κ1) is 14.6. The molecule has 1 fully saturated rings. The summed E-state index contributed by atoms with van der Waals surface area (Å²) in [4.78, 5) is 9.30. The van der Waals surface area contributed by atoms with E-state index in [1.165, 1.54) is 19.4 Å². The molecule has 106 valence electrons. The Labute approximate surface area is 120 Å². The van der Waals surface area contributed by atoms with Gasteiger partial charge in [0.2, 0.25) is 0 Å². The van der Waals surface area contributed by atoms with Crippen molar-refractivity contribution in [3.8, 4) is 0 Å². The van der Waals surface area contributed by atoms with Crippen molar-refractivity contribution in [1.29, 1.82) is 0 Å². The van der Waals surface area contributed by atoms with E-state index in [1.54, 1.807) is 0 Å². The molecule has 4 nitrogen and oxygen atoms in total. The third-order valence-electron chi connectivity index (χ3n) is 3.80. The van der Waals surface area contributed by atoms with Gasteiger partial charge in [-0.2, -0.15) is 0 Å². The Morgan fingerprint density at radius 2 is 2.32 bits per heavy atom. The van der Waals surface area contributed by atoms with E-state index in [-0.39, 0.29) is 0 Å². The van der Waals surface area contributed by atoms with Crippen molar-refractivity contribution in [1.82, 2.24) is 14.8 Å². The van der Waals surface area contributed by atoms with Gasteiger partial charge in [-0.1, -0.05) is 11.6 Å². The lowest BCUT2D eigenvalue weighted by Crippen LogP contribution is -2.44. The van der Waals surface area contributed by atoms with Crippen LogP contribution in [0.5, 0.6) is 0 Å². The Hall–Kier alpha value is -0.840. The molecule has 0 aromatic carbocycles. The maximum Gasteiger partial charge on any atom is 0.126 e. The minimum absolute atomic E-state index is 0.592. The number of likely N-dealkylation sites (N-methyl/N-ethyl adjacent to an activating group) is 2. The maximum atomic E-state index is 6.24. The summed E-state index contributed by atoms with van der Waals surface area (Å²) in [7, 11) is 6.22. The van der Waals surface area contributed by atoms with Gasteiger partial charge in [0, 0.05) is 26.2 Å². The number of aromatic nitrogens is 1. The smallest absolute Gasteiger partial charge is 0.126 e. The molecular weight excluding hydrogens is 260 g/mol. The molecule has 1 unspecified atom stereocenters. The molecule has 1 aromatic rings. The van der Waals surface area contributed by atoms with Crippen LogP contribution in [0.1, 0.15) is 18.5 Å². The van der Waals surface area contributed by atoms with Crippen molar-refractivity contribution < 1.29 is 0 Å². The van der Waals surface area contributed by atoms with E-state index in [2.05, 4.69) is 34.2 Å². The van der Waals surface area contributed by atoms with Crippen molar-refractivity contribution in [2.24, 2.45) is 0 Å². The van der Waals surface area contributed by atoms with E-state index in [9.17, 15) is 0 Å². The highest BCUT2D eigenvalue weighted by Crippen LogP contribution is 2.21. The summed E-state index contributed by atoms with van der Waals surface area (Å²) in [5.41, 5.74) is 0.948. The van der Waals surface area contributed by atoms with E-state index >= 15 is 0 Å². The minimum atomic E-state index is 0.592. The minimum Gasteiger partial charge on any atom is -0.373 e. The van der Waals surface area contributed by atoms with Gasteiger partial charge in [0.05, 0.1) is 10.7 Å². The van der Waals surface area contributed by atoms with Gasteiger partial charge >= 0.3 is 0 Å². The molecule has 0 saturated carbocycles. The normalized spacial score (nSPS) is 20.8. The molecule has 0 spiro atoms. The molecule has 1 aliphatic heterocycles. The van der Waals surface area contributed by atoms with Crippen LogP contribution in [0.3, 0.4) is 0 Å². The van der Waals surface area contributed by atoms with Gasteiger partial charge in [-0.05, 0) is 45.6 Å². The van der Waals surface area contributed by atoms with Crippen LogP contribution in [0, 0.1) is 0 Å². The second-order valence-corrected chi connectivity index (χ2v) is 5.76. The molecule has 1 atom stereocenters. The van der Waals surface area contributed by atoms with Gasteiger partial charge in [0.1, 0.15) is 5.82 Å². The molecule has 19 heavy (non-hydrogen) atoms. The molecule has 2 rings (SSSR count). The first-order valence-electron chi connectivity index (χ1n) is 6.82. The average molecular weight is 283 g/mol. The fraction of sp³-hybridized carbons (Fsp3) is 0.643. The molecule has 1 aliphatic rings. The van der Waals surface area contributed by atoms with Crippen LogP contribution in [0.15, 0.2) is 12.1 Å². The van der Waals surface area contributed by atoms with Crippen LogP contribution in [-0.2, 0) is 6.54 Å². The number of halogens is 1. The number of nitrogens with zero attached hydrogens (tertiary/aromatic N) is 3. The highest BCUT2D eigenvalue weighted by atomic mass is 35.5. The third kappa shape index (κ3) is 3.81. The van der Waals surface area contributed by atoms with E-state index in [1.807, 2.05) is 19.2 Å². The number of pyridine rings is 1. The number of piperidine rings is 1. The Bertz CT molecular complexity index is 424. The lowest BCUT2D eigenvalue weighted by molar-refractivity contribution is 0.128. The Morgan fingerprint density at radius 3 is 3.00 bits per heavy atom. The molecule has 0 bridgehead atoms. The van der Waals surface area contributed by atoms with Crippen LogP contribution in [0.4, 0.5) is 5.82 Å². The van der Waals surface area contributed by atoms with E-state index in [0.29, 0.717) is 6.04 Å². The number of rotatable bonds is 4. The van der Waals surface area contributed by atoms with Crippen LogP contribution in [0.2, 0.25) is 5.02 Å². The Morgan fingerprint density at radius 1 is 1.53 bits per heavy atom. The van der Waals surface area contributed by atoms with E-state index in [0.717, 1.165) is 29.6 Å². The number of likely N-dealkylation sites (tertiary alicyclic amines) is 1. The zero-order valence-corrected chi connectivity index (χ0v) is 12.7. The molecule has 5 heteroatoms. The molecule has 0 radical (unpaired) electrons. The SMILES string of the molecule is CNc1ccc(Cl)c(CN(C)C2CCCN(C)C2)n1. The second kappa shape index (κ2) is 6.55. The molecule has 2 heterocycles. The van der Waals surface area contributed by atoms with Gasteiger partial charge in [-0.25, -0.2) is 4.98 Å². The predicted molar refractivity (Wildman–Crippen MR) is 80.8 cm³/mol. The summed E-state index contributed by atoms with van der Waals surface area (Å²) in [5, 5.41) is 3.80. The van der Waals surface area contributed by atoms with Gasteiger partial charge in [0.25, 0.3) is 0 Å². The monoisotopic (exact) mass is 282 g/mol. The van der Waals surface area contributed by atoms with Crippen LogP contribution < -0.4 is 5.32 Å². The molecular formula is C14H23ClN4. The largest absolute Gasteiger partial charge is 0.373 e. The number of anilines is 1. The summed E-state index contributed by atoms with van der Waals surface area (Å²) < 4.78 is 0. The van der Waals surface area contributed by atoms with Crippen molar-refractivity contribution >= 4 is 17.4 Å². The van der Waals surface area contributed by atoms with Crippen molar-refractivity contribution in [2.45, 2.75) is 25.4 Å². The van der Waals surface area contributed by atoms with Crippen LogP contribution in [0.25, 0.3) is 0 Å². The fourth-order valence-electron chi connectivity index (χ4n) is 2.60. The fourth-order valence-corrected chi connectivity index (χ4v) is 2.76. The topological polar surface area (TPSA) is 31.4 Å². The van der Waals surface area contributed by atoms with Gasteiger partial charge < -0.3 is 10.2 Å². The Kier molecular flexibility index (Phi) is 5.02. The van der Waals surface area contributed by atoms with Gasteiger partial charge in [-0.15, -0.1) is 0 Å². The highest BCUT2D eigenvalue weighted by molar-refractivity contribution is 6.31. The molecule has 1 N–H and O–H groups in total. The number of hydrogen-bond donors (Lipinski definition) is 1. The summed E-state index contributed by atoms with van der Waals surface area (Å²) in [6.07, 6.45) is 2.52. The summed E-state index contributed by atoms with van der Waals surface area (Å²) in [6, 6.07) is 4.41. The standard InChI is InChI=1S/C14H23ClN4/c1-16-14-7-6-12(15)13(17-14)10-19(3)11-5-4-8-18(2)9-11/h6-7,11H,4-5,8-10H2,1-3H3,(H,16,17). The lowest BCUT2D eigenvalue weighted by atomic mass is 10.0. The predicted octanol–water partition coefficient (Wildman–Crippen LogP) is 2.30. The quantitative estimate of drug-likeness (QED) is 0.918. The highest BCUT2D eigenvalue weighted by Gasteiger charge is 2.21. The zero-order valence-electron chi connectivity index (χ0n) is 12.0. The lowest BCUT2D eigenvalue weighted by Gasteiger charge is -2.35. The zero-order chi connectivity index (χ0) is 13.8. The summed E-state index contributed by atoms with van der Waals surface area (Å²) in [5.74, 6) is 0.869. The van der Waals surface area contributed by atoms with Crippen molar-refractivity contribution in [2.75, 3.05) is 39.5 Å². The summed E-state index contributed by atoms with van der Waals surface area (Å²) in [6.45, 7) is 3.13. The van der Waals surface area contributed by atoms with Crippen LogP contribution >= 0.6 is 11.6 Å².